The number of aromatic nitrogens is 2. The molecule has 0 aliphatic carbocycles. The van der Waals surface area contributed by atoms with E-state index in [-0.39, 0.29) is 0 Å². The van der Waals surface area contributed by atoms with Crippen molar-refractivity contribution in [1.82, 2.24) is 9.97 Å². The lowest BCUT2D eigenvalue weighted by Crippen LogP contribution is -2.29. The molecule has 1 aliphatic heterocycles. The van der Waals surface area contributed by atoms with Gasteiger partial charge in [0, 0.05) is 41.9 Å². The van der Waals surface area contributed by atoms with Crippen molar-refractivity contribution in [2.45, 2.75) is 32.3 Å². The predicted octanol–water partition coefficient (Wildman–Crippen LogP) is 4.20. The third-order valence-electron chi connectivity index (χ3n) is 5.33. The molecule has 3 aromatic rings. The van der Waals surface area contributed by atoms with Gasteiger partial charge in [-0.05, 0) is 68.7 Å². The van der Waals surface area contributed by atoms with E-state index in [4.69, 9.17) is 0 Å². The number of carbonyl (C=O) groups excluding carboxylic acids is 1. The van der Waals surface area contributed by atoms with Crippen molar-refractivity contribution < 1.29 is 9.90 Å². The van der Waals surface area contributed by atoms with Crippen LogP contribution >= 0.6 is 0 Å². The zero-order valence-corrected chi connectivity index (χ0v) is 17.6. The van der Waals surface area contributed by atoms with Crippen molar-refractivity contribution in [3.63, 3.8) is 0 Å². The Hall–Kier alpha value is -3.45. The topological polar surface area (TPSA) is 90.4 Å². The van der Waals surface area contributed by atoms with Gasteiger partial charge < -0.3 is 20.6 Å². The number of rotatable bonds is 6. The molecule has 0 spiro atoms. The van der Waals surface area contributed by atoms with Gasteiger partial charge in [-0.3, -0.25) is 4.79 Å². The Bertz CT molecular complexity index is 1010. The summed E-state index contributed by atoms with van der Waals surface area (Å²) in [6.45, 7) is 3.68. The van der Waals surface area contributed by atoms with Gasteiger partial charge in [0.25, 0.3) is 5.91 Å². The first-order chi connectivity index (χ1) is 15.1. The quantitative estimate of drug-likeness (QED) is 0.557. The number of nitrogens with one attached hydrogen (secondary N) is 2. The van der Waals surface area contributed by atoms with Crippen molar-refractivity contribution in [2.75, 3.05) is 28.6 Å². The van der Waals surface area contributed by atoms with Crippen molar-refractivity contribution >= 4 is 28.9 Å². The highest BCUT2D eigenvalue weighted by molar-refractivity contribution is 5.93. The van der Waals surface area contributed by atoms with Gasteiger partial charge in [-0.1, -0.05) is 12.1 Å². The molecule has 2 aromatic carbocycles. The monoisotopic (exact) mass is 417 g/mol. The maximum absolute atomic E-state index is 11.6. The summed E-state index contributed by atoms with van der Waals surface area (Å²) in [4.78, 5) is 23.0. The Labute approximate surface area is 182 Å². The Balaban J connectivity index is 1.43. The van der Waals surface area contributed by atoms with E-state index in [1.165, 1.54) is 31.9 Å². The number of anilines is 4. The summed E-state index contributed by atoms with van der Waals surface area (Å²) in [7, 11) is 0. The molecule has 1 fully saturated rings. The van der Waals surface area contributed by atoms with Crippen molar-refractivity contribution in [2.24, 2.45) is 0 Å². The van der Waals surface area contributed by atoms with Crippen molar-refractivity contribution in [3.8, 4) is 11.3 Å². The van der Waals surface area contributed by atoms with Crippen LogP contribution in [0, 0.1) is 0 Å². The zero-order valence-electron chi connectivity index (χ0n) is 17.6. The Morgan fingerprint density at radius 1 is 0.968 bits per heavy atom. The number of carbonyl (C=O) groups is 1. The van der Waals surface area contributed by atoms with E-state index >= 15 is 0 Å². The van der Waals surface area contributed by atoms with E-state index in [0.717, 1.165) is 30.0 Å². The van der Waals surface area contributed by atoms with Gasteiger partial charge in [0.05, 0.1) is 5.69 Å². The molecule has 1 aliphatic rings. The fourth-order valence-electron chi connectivity index (χ4n) is 3.59. The molecule has 2 heterocycles. The molecule has 3 N–H and O–H groups in total. The SMILES string of the molecule is C[C@H](O)C(=O)Nc1ccc(-c2ccnc(Nc3ccc(N4CCCCC4)cc3)n2)cc1. The van der Waals surface area contributed by atoms with Crippen LogP contribution in [-0.4, -0.2) is 40.2 Å². The van der Waals surface area contributed by atoms with Gasteiger partial charge in [0.1, 0.15) is 6.10 Å². The number of nitrogens with zero attached hydrogens (tertiary/aromatic N) is 3. The Morgan fingerprint density at radius 3 is 2.32 bits per heavy atom. The molecule has 1 aromatic heterocycles. The number of hydrogen-bond donors (Lipinski definition) is 3. The summed E-state index contributed by atoms with van der Waals surface area (Å²) in [5.41, 5.74) is 4.49. The molecular formula is C24H27N5O2. The van der Waals surface area contributed by atoms with Gasteiger partial charge >= 0.3 is 0 Å². The number of aliphatic hydroxyl groups excluding tert-OH is 1. The normalized spacial score (nSPS) is 14.7. The van der Waals surface area contributed by atoms with Crippen LogP contribution in [0.2, 0.25) is 0 Å². The lowest BCUT2D eigenvalue weighted by molar-refractivity contribution is -0.123. The summed E-state index contributed by atoms with van der Waals surface area (Å²) < 4.78 is 0. The summed E-state index contributed by atoms with van der Waals surface area (Å²) in [6.07, 6.45) is 4.51. The smallest absolute Gasteiger partial charge is 0.252 e. The maximum atomic E-state index is 11.6. The Morgan fingerprint density at radius 2 is 1.65 bits per heavy atom. The Kier molecular flexibility index (Phi) is 6.43. The minimum absolute atomic E-state index is 0.437. The molecule has 1 amide bonds. The van der Waals surface area contributed by atoms with Crippen LogP contribution in [0.4, 0.5) is 23.0 Å². The average molecular weight is 418 g/mol. The molecule has 0 unspecified atom stereocenters. The van der Waals surface area contributed by atoms with Gasteiger partial charge in [-0.15, -0.1) is 0 Å². The first-order valence-corrected chi connectivity index (χ1v) is 10.6. The molecule has 4 rings (SSSR count). The zero-order chi connectivity index (χ0) is 21.6. The first kappa shape index (κ1) is 20.8. The minimum atomic E-state index is -1.05. The van der Waals surface area contributed by atoms with Crippen LogP contribution in [0.5, 0.6) is 0 Å². The predicted molar refractivity (Wildman–Crippen MR) is 124 cm³/mol. The van der Waals surface area contributed by atoms with Crippen LogP contribution in [0.15, 0.2) is 60.8 Å². The first-order valence-electron chi connectivity index (χ1n) is 10.6. The largest absolute Gasteiger partial charge is 0.384 e. The van der Waals surface area contributed by atoms with E-state index in [2.05, 4.69) is 49.8 Å². The lowest BCUT2D eigenvalue weighted by Gasteiger charge is -2.28. The fourth-order valence-corrected chi connectivity index (χ4v) is 3.59. The number of piperidine rings is 1. The summed E-state index contributed by atoms with van der Waals surface area (Å²) >= 11 is 0. The van der Waals surface area contributed by atoms with E-state index in [1.807, 2.05) is 18.2 Å². The van der Waals surface area contributed by atoms with Crippen LogP contribution < -0.4 is 15.5 Å². The summed E-state index contributed by atoms with van der Waals surface area (Å²) in [6, 6.07) is 17.5. The third-order valence-corrected chi connectivity index (χ3v) is 5.33. The van der Waals surface area contributed by atoms with Gasteiger partial charge in [-0.2, -0.15) is 0 Å². The second kappa shape index (κ2) is 9.57. The van der Waals surface area contributed by atoms with E-state index < -0.39 is 12.0 Å². The molecule has 31 heavy (non-hydrogen) atoms. The maximum Gasteiger partial charge on any atom is 0.252 e. The third kappa shape index (κ3) is 5.38. The van der Waals surface area contributed by atoms with Gasteiger partial charge in [-0.25, -0.2) is 9.97 Å². The van der Waals surface area contributed by atoms with Crippen LogP contribution in [-0.2, 0) is 4.79 Å². The van der Waals surface area contributed by atoms with Gasteiger partial charge in [0.15, 0.2) is 0 Å². The van der Waals surface area contributed by atoms with Crippen LogP contribution in [0.25, 0.3) is 11.3 Å². The number of aliphatic hydroxyl groups is 1. The molecule has 7 nitrogen and oxygen atoms in total. The van der Waals surface area contributed by atoms with Crippen LogP contribution in [0.1, 0.15) is 26.2 Å². The molecule has 7 heteroatoms. The van der Waals surface area contributed by atoms with E-state index in [9.17, 15) is 9.90 Å². The second-order valence-electron chi connectivity index (χ2n) is 7.73. The molecule has 1 atom stereocenters. The van der Waals surface area contributed by atoms with E-state index in [0.29, 0.717) is 11.6 Å². The highest BCUT2D eigenvalue weighted by Crippen LogP contribution is 2.24. The lowest BCUT2D eigenvalue weighted by atomic mass is 10.1. The number of hydrogen-bond acceptors (Lipinski definition) is 6. The molecule has 160 valence electrons. The van der Waals surface area contributed by atoms with E-state index in [1.54, 1.807) is 18.3 Å². The van der Waals surface area contributed by atoms with Crippen molar-refractivity contribution in [3.05, 3.63) is 60.8 Å². The van der Waals surface area contributed by atoms with Gasteiger partial charge in [0.2, 0.25) is 5.95 Å². The highest BCUT2D eigenvalue weighted by Gasteiger charge is 2.11. The molecule has 0 bridgehead atoms. The minimum Gasteiger partial charge on any atom is -0.384 e. The molecule has 0 radical (unpaired) electrons. The van der Waals surface area contributed by atoms with Crippen LogP contribution in [0.3, 0.4) is 0 Å². The standard InChI is InChI=1S/C24H27N5O2/c1-17(30)23(31)26-19-7-5-18(6-8-19)22-13-14-25-24(28-22)27-20-9-11-21(12-10-20)29-15-3-2-4-16-29/h5-14,17,30H,2-4,15-16H2,1H3,(H,26,31)(H,25,27,28)/t17-/m0/s1. The average Bonchev–Trinajstić information content (AvgIpc) is 2.81. The van der Waals surface area contributed by atoms with Crippen molar-refractivity contribution in [1.29, 1.82) is 0 Å². The fraction of sp³-hybridized carbons (Fsp3) is 0.292. The molecular weight excluding hydrogens is 390 g/mol. The molecule has 0 saturated carbocycles. The highest BCUT2D eigenvalue weighted by atomic mass is 16.3. The number of amides is 1. The second-order valence-corrected chi connectivity index (χ2v) is 7.73. The summed E-state index contributed by atoms with van der Waals surface area (Å²) in [5.74, 6) is 0.0854. The number of benzene rings is 2. The molecule has 1 saturated heterocycles. The summed E-state index contributed by atoms with van der Waals surface area (Å²) in [5, 5.41) is 15.2.